The number of hydrogen-bond donors (Lipinski definition) is 2. The van der Waals surface area contributed by atoms with E-state index in [1.807, 2.05) is 0 Å². The Hall–Kier alpha value is -3.82. The number of halogens is 4. The lowest BCUT2D eigenvalue weighted by molar-refractivity contribution is -0.137. The van der Waals surface area contributed by atoms with Gasteiger partial charge in [-0.1, -0.05) is 12.7 Å². The van der Waals surface area contributed by atoms with Gasteiger partial charge in [0.25, 0.3) is 0 Å². The molecule has 31 heavy (non-hydrogen) atoms. The number of rotatable bonds is 8. The summed E-state index contributed by atoms with van der Waals surface area (Å²) in [6.07, 6.45) is 2.17. The lowest BCUT2D eigenvalue weighted by Crippen LogP contribution is -2.12. The van der Waals surface area contributed by atoms with Gasteiger partial charge in [0.1, 0.15) is 35.1 Å². The van der Waals surface area contributed by atoms with E-state index in [0.29, 0.717) is 6.21 Å². The Balaban J connectivity index is 2.58. The standard InChI is InChI=1S/C21H17F4NO5/c1-3-7-31-11-5-6-16(27)15(8-11)26-10-13(21(29)30-4-2)20(28)12-9-14(22)18(24)19(25)17(12)23/h3,5-6,8-10,27-28H,1,4,7H2,2H3/b20-13+,26-10?. The van der Waals surface area contributed by atoms with E-state index in [-0.39, 0.29) is 36.5 Å². The SMILES string of the molecule is C=CCOc1ccc(O)c(N=C/C(C(=O)OCC)=C(\O)c2cc(F)c(F)c(F)c2F)c1. The fraction of sp³-hybridized carbons (Fsp3) is 0.143. The van der Waals surface area contributed by atoms with Crippen LogP contribution < -0.4 is 4.74 Å². The molecule has 0 bridgehead atoms. The lowest BCUT2D eigenvalue weighted by Gasteiger charge is -2.09. The van der Waals surface area contributed by atoms with Gasteiger partial charge in [0.2, 0.25) is 0 Å². The van der Waals surface area contributed by atoms with Crippen molar-refractivity contribution in [2.75, 3.05) is 13.2 Å². The molecule has 2 N–H and O–H groups in total. The van der Waals surface area contributed by atoms with Crippen LogP contribution in [0.5, 0.6) is 11.5 Å². The van der Waals surface area contributed by atoms with Gasteiger partial charge in [-0.15, -0.1) is 0 Å². The summed E-state index contributed by atoms with van der Waals surface area (Å²) in [4.78, 5) is 16.0. The Labute approximate surface area is 174 Å². The predicted molar refractivity (Wildman–Crippen MR) is 104 cm³/mol. The van der Waals surface area contributed by atoms with Crippen LogP contribution in [0.15, 0.2) is 47.5 Å². The highest BCUT2D eigenvalue weighted by atomic mass is 19.2. The topological polar surface area (TPSA) is 88.4 Å². The van der Waals surface area contributed by atoms with Gasteiger partial charge in [0, 0.05) is 12.3 Å². The van der Waals surface area contributed by atoms with Crippen molar-refractivity contribution >= 4 is 23.6 Å². The van der Waals surface area contributed by atoms with Crippen molar-refractivity contribution in [3.8, 4) is 11.5 Å². The minimum Gasteiger partial charge on any atom is -0.506 e. The number of esters is 1. The molecule has 6 nitrogen and oxygen atoms in total. The van der Waals surface area contributed by atoms with Crippen molar-refractivity contribution < 1.29 is 42.0 Å². The van der Waals surface area contributed by atoms with Gasteiger partial charge < -0.3 is 19.7 Å². The Morgan fingerprint density at radius 2 is 1.87 bits per heavy atom. The largest absolute Gasteiger partial charge is 0.506 e. The minimum absolute atomic E-state index is 0.118. The number of carbonyl (C=O) groups is 1. The number of phenols is 1. The second kappa shape index (κ2) is 10.3. The van der Waals surface area contributed by atoms with Crippen LogP contribution in [0.4, 0.5) is 23.2 Å². The monoisotopic (exact) mass is 439 g/mol. The first-order valence-corrected chi connectivity index (χ1v) is 8.75. The number of carbonyl (C=O) groups excluding carboxylic acids is 1. The number of hydrogen-bond acceptors (Lipinski definition) is 6. The molecule has 0 aliphatic carbocycles. The molecule has 0 aliphatic heterocycles. The number of aliphatic hydroxyl groups is 1. The van der Waals surface area contributed by atoms with E-state index in [1.54, 1.807) is 0 Å². The first-order chi connectivity index (χ1) is 14.7. The van der Waals surface area contributed by atoms with Crippen molar-refractivity contribution in [2.24, 2.45) is 4.99 Å². The zero-order valence-electron chi connectivity index (χ0n) is 16.2. The molecule has 0 unspecified atom stereocenters. The van der Waals surface area contributed by atoms with Crippen LogP contribution in [0, 0.1) is 23.3 Å². The average molecular weight is 439 g/mol. The summed E-state index contributed by atoms with van der Waals surface area (Å²) < 4.78 is 64.4. The van der Waals surface area contributed by atoms with E-state index in [0.717, 1.165) is 0 Å². The van der Waals surface area contributed by atoms with E-state index in [1.165, 1.54) is 31.2 Å². The van der Waals surface area contributed by atoms with Gasteiger partial charge in [-0.2, -0.15) is 0 Å². The maximum Gasteiger partial charge on any atom is 0.343 e. The van der Waals surface area contributed by atoms with Crippen molar-refractivity contribution in [2.45, 2.75) is 6.92 Å². The Morgan fingerprint density at radius 3 is 2.52 bits per heavy atom. The third-order valence-corrected chi connectivity index (χ3v) is 3.76. The zero-order chi connectivity index (χ0) is 23.1. The Kier molecular flexibility index (Phi) is 7.78. The normalized spacial score (nSPS) is 11.9. The van der Waals surface area contributed by atoms with Gasteiger partial charge in [-0.25, -0.2) is 22.4 Å². The van der Waals surface area contributed by atoms with Gasteiger partial charge in [0.15, 0.2) is 23.3 Å². The molecule has 0 fully saturated rings. The van der Waals surface area contributed by atoms with Crippen LogP contribution in [0.3, 0.4) is 0 Å². The number of ether oxygens (including phenoxy) is 2. The number of aliphatic imine (C=N–C) groups is 1. The molecule has 0 aromatic heterocycles. The van der Waals surface area contributed by atoms with Crippen LogP contribution in [0.25, 0.3) is 5.76 Å². The van der Waals surface area contributed by atoms with E-state index in [9.17, 15) is 32.6 Å². The molecule has 0 aliphatic rings. The third kappa shape index (κ3) is 5.41. The van der Waals surface area contributed by atoms with Crippen LogP contribution in [0.1, 0.15) is 12.5 Å². The highest BCUT2D eigenvalue weighted by Gasteiger charge is 2.25. The highest BCUT2D eigenvalue weighted by molar-refractivity contribution is 6.15. The summed E-state index contributed by atoms with van der Waals surface area (Å²) in [6, 6.07) is 4.13. The maximum atomic E-state index is 14.1. The van der Waals surface area contributed by atoms with Gasteiger partial charge in [-0.05, 0) is 25.1 Å². The molecular weight excluding hydrogens is 422 g/mol. The molecule has 2 aromatic carbocycles. The second-order valence-corrected chi connectivity index (χ2v) is 5.84. The van der Waals surface area contributed by atoms with Crippen molar-refractivity contribution in [1.82, 2.24) is 0 Å². The first kappa shape index (κ1) is 23.5. The van der Waals surface area contributed by atoms with E-state index < -0.39 is 46.1 Å². The summed E-state index contributed by atoms with van der Waals surface area (Å²) in [6.45, 7) is 4.92. The zero-order valence-corrected chi connectivity index (χ0v) is 16.2. The number of phenolic OH excluding ortho intramolecular Hbond substituents is 1. The van der Waals surface area contributed by atoms with Crippen LogP contribution in [0.2, 0.25) is 0 Å². The molecule has 0 heterocycles. The quantitative estimate of drug-likeness (QED) is 0.0906. The van der Waals surface area contributed by atoms with Crippen molar-refractivity contribution in [3.05, 3.63) is 71.3 Å². The summed E-state index contributed by atoms with van der Waals surface area (Å²) in [7, 11) is 0. The summed E-state index contributed by atoms with van der Waals surface area (Å²) >= 11 is 0. The fourth-order valence-electron chi connectivity index (χ4n) is 2.30. The first-order valence-electron chi connectivity index (χ1n) is 8.75. The molecule has 0 saturated carbocycles. The highest BCUT2D eigenvalue weighted by Crippen LogP contribution is 2.31. The minimum atomic E-state index is -2.17. The number of benzene rings is 2. The Morgan fingerprint density at radius 1 is 1.16 bits per heavy atom. The molecule has 0 atom stereocenters. The third-order valence-electron chi connectivity index (χ3n) is 3.76. The van der Waals surface area contributed by atoms with Gasteiger partial charge in [0.05, 0.1) is 12.2 Å². The number of aliphatic hydroxyl groups excluding tert-OH is 1. The average Bonchev–Trinajstić information content (AvgIpc) is 2.75. The van der Waals surface area contributed by atoms with Gasteiger partial charge in [-0.3, -0.25) is 4.99 Å². The van der Waals surface area contributed by atoms with E-state index in [4.69, 9.17) is 9.47 Å². The molecule has 2 aromatic rings. The summed E-state index contributed by atoms with van der Waals surface area (Å²) in [5.74, 6) is -10.5. The maximum absolute atomic E-state index is 14.1. The summed E-state index contributed by atoms with van der Waals surface area (Å²) in [5, 5.41) is 20.2. The van der Waals surface area contributed by atoms with Gasteiger partial charge >= 0.3 is 5.97 Å². The molecule has 0 radical (unpaired) electrons. The number of nitrogens with zero attached hydrogens (tertiary/aromatic N) is 1. The lowest BCUT2D eigenvalue weighted by atomic mass is 10.1. The van der Waals surface area contributed by atoms with E-state index in [2.05, 4.69) is 11.6 Å². The predicted octanol–water partition coefficient (Wildman–Crippen LogP) is 4.75. The van der Waals surface area contributed by atoms with Crippen LogP contribution >= 0.6 is 0 Å². The van der Waals surface area contributed by atoms with Crippen molar-refractivity contribution in [3.63, 3.8) is 0 Å². The second-order valence-electron chi connectivity index (χ2n) is 5.84. The molecule has 0 amide bonds. The van der Waals surface area contributed by atoms with Crippen LogP contribution in [-0.2, 0) is 9.53 Å². The Bertz CT molecular complexity index is 1070. The molecule has 164 valence electrons. The number of aromatic hydroxyl groups is 1. The molecule has 0 saturated heterocycles. The van der Waals surface area contributed by atoms with E-state index >= 15 is 0 Å². The molecule has 10 heteroatoms. The summed E-state index contributed by atoms with van der Waals surface area (Å²) in [5.41, 5.74) is -2.05. The van der Waals surface area contributed by atoms with Crippen molar-refractivity contribution in [1.29, 1.82) is 0 Å². The molecule has 0 spiro atoms. The smallest absolute Gasteiger partial charge is 0.343 e. The fourth-order valence-corrected chi connectivity index (χ4v) is 2.30. The molecular formula is C21H17F4NO5. The molecule has 2 rings (SSSR count). The van der Waals surface area contributed by atoms with Crippen LogP contribution in [-0.4, -0.2) is 35.6 Å².